The molecular weight excluding hydrogens is 248 g/mol. The highest BCUT2D eigenvalue weighted by Gasteiger charge is 2.35. The van der Waals surface area contributed by atoms with E-state index in [1.807, 2.05) is 6.20 Å². The Hall–Kier alpha value is -0.830. The fourth-order valence-electron chi connectivity index (χ4n) is 3.21. The zero-order valence-corrected chi connectivity index (χ0v) is 13.5. The summed E-state index contributed by atoms with van der Waals surface area (Å²) in [6.45, 7) is 11.2. The van der Waals surface area contributed by atoms with Crippen molar-refractivity contribution in [3.63, 3.8) is 0 Å². The van der Waals surface area contributed by atoms with Crippen LogP contribution in [0, 0.1) is 11.3 Å². The Morgan fingerprint density at radius 1 is 1.40 bits per heavy atom. The molecular formula is C17H30N2O. The second-order valence-electron chi connectivity index (χ2n) is 7.29. The number of rotatable bonds is 6. The maximum atomic E-state index is 6.01. The Kier molecular flexibility index (Phi) is 5.25. The number of oxazole rings is 1. The normalized spacial score (nSPS) is 22.4. The molecule has 3 nitrogen and oxygen atoms in total. The van der Waals surface area contributed by atoms with E-state index in [4.69, 9.17) is 4.42 Å². The lowest BCUT2D eigenvalue weighted by Crippen LogP contribution is -2.25. The van der Waals surface area contributed by atoms with Crippen LogP contribution in [0.15, 0.2) is 10.6 Å². The van der Waals surface area contributed by atoms with Crippen molar-refractivity contribution < 1.29 is 4.42 Å². The first-order chi connectivity index (χ1) is 9.49. The van der Waals surface area contributed by atoms with Gasteiger partial charge in [-0.2, -0.15) is 0 Å². The lowest BCUT2D eigenvalue weighted by atomic mass is 9.68. The second kappa shape index (κ2) is 6.75. The van der Waals surface area contributed by atoms with Gasteiger partial charge in [-0.1, -0.05) is 40.5 Å². The molecule has 0 amide bonds. The molecule has 0 aliphatic heterocycles. The lowest BCUT2D eigenvalue weighted by molar-refractivity contribution is 0.176. The van der Waals surface area contributed by atoms with E-state index in [1.165, 1.54) is 25.7 Å². The summed E-state index contributed by atoms with van der Waals surface area (Å²) in [5.74, 6) is 3.23. The maximum absolute atomic E-state index is 6.01. The van der Waals surface area contributed by atoms with Crippen molar-refractivity contribution in [3.8, 4) is 0 Å². The van der Waals surface area contributed by atoms with Crippen molar-refractivity contribution in [2.45, 2.75) is 65.7 Å². The van der Waals surface area contributed by atoms with Crippen molar-refractivity contribution in [2.24, 2.45) is 11.3 Å². The van der Waals surface area contributed by atoms with Gasteiger partial charge in [-0.05, 0) is 30.7 Å². The standard InChI is InChI=1S/C17H30N2O/c1-13(2)11-18-10-8-16-19-12-15(20-16)14-7-5-6-9-17(14,3)4/h12-14,18H,5-11H2,1-4H3. The molecule has 1 unspecified atom stereocenters. The van der Waals surface area contributed by atoms with Crippen LogP contribution in [0.4, 0.5) is 0 Å². The molecule has 1 aromatic heterocycles. The summed E-state index contributed by atoms with van der Waals surface area (Å²) in [5.41, 5.74) is 0.352. The van der Waals surface area contributed by atoms with Crippen molar-refractivity contribution >= 4 is 0 Å². The molecule has 3 heteroatoms. The van der Waals surface area contributed by atoms with Gasteiger partial charge in [0.05, 0.1) is 6.20 Å². The van der Waals surface area contributed by atoms with Crippen LogP contribution in [-0.2, 0) is 6.42 Å². The second-order valence-corrected chi connectivity index (χ2v) is 7.29. The minimum Gasteiger partial charge on any atom is -0.445 e. The molecule has 1 N–H and O–H groups in total. The summed E-state index contributed by atoms with van der Waals surface area (Å²) in [6.07, 6.45) is 8.07. The van der Waals surface area contributed by atoms with Crippen molar-refractivity contribution in [1.82, 2.24) is 10.3 Å². The molecule has 1 heterocycles. The topological polar surface area (TPSA) is 38.1 Å². The van der Waals surface area contributed by atoms with E-state index in [-0.39, 0.29) is 0 Å². The van der Waals surface area contributed by atoms with Gasteiger partial charge in [0.25, 0.3) is 0 Å². The van der Waals surface area contributed by atoms with E-state index in [0.717, 1.165) is 31.2 Å². The average molecular weight is 278 g/mol. The quantitative estimate of drug-likeness (QED) is 0.794. The van der Waals surface area contributed by atoms with Crippen molar-refractivity contribution in [2.75, 3.05) is 13.1 Å². The predicted molar refractivity (Wildman–Crippen MR) is 82.9 cm³/mol. The van der Waals surface area contributed by atoms with Gasteiger partial charge in [0.1, 0.15) is 5.76 Å². The largest absolute Gasteiger partial charge is 0.445 e. The molecule has 1 aliphatic carbocycles. The van der Waals surface area contributed by atoms with Gasteiger partial charge in [-0.3, -0.25) is 0 Å². The first kappa shape index (κ1) is 15.6. The fourth-order valence-corrected chi connectivity index (χ4v) is 3.21. The molecule has 0 aromatic carbocycles. The van der Waals surface area contributed by atoms with Crippen LogP contribution in [0.1, 0.15) is 70.9 Å². The number of nitrogens with zero attached hydrogens (tertiary/aromatic N) is 1. The molecule has 0 radical (unpaired) electrons. The van der Waals surface area contributed by atoms with E-state index in [2.05, 4.69) is 38.0 Å². The Morgan fingerprint density at radius 2 is 2.20 bits per heavy atom. The van der Waals surface area contributed by atoms with Gasteiger partial charge in [-0.25, -0.2) is 4.98 Å². The zero-order chi connectivity index (χ0) is 14.6. The highest BCUT2D eigenvalue weighted by atomic mass is 16.4. The molecule has 0 bridgehead atoms. The zero-order valence-electron chi connectivity index (χ0n) is 13.5. The van der Waals surface area contributed by atoms with Crippen LogP contribution in [0.3, 0.4) is 0 Å². The van der Waals surface area contributed by atoms with Gasteiger partial charge < -0.3 is 9.73 Å². The van der Waals surface area contributed by atoms with Gasteiger partial charge in [0.2, 0.25) is 0 Å². The van der Waals surface area contributed by atoms with Crippen LogP contribution < -0.4 is 5.32 Å². The summed E-state index contributed by atoms with van der Waals surface area (Å²) in [7, 11) is 0. The monoisotopic (exact) mass is 278 g/mol. The third kappa shape index (κ3) is 4.08. The summed E-state index contributed by atoms with van der Waals surface area (Å²) in [4.78, 5) is 4.47. The SMILES string of the molecule is CC(C)CNCCc1ncc(C2CCCCC2(C)C)o1. The molecule has 1 aliphatic rings. The van der Waals surface area contributed by atoms with Gasteiger partial charge in [0.15, 0.2) is 5.89 Å². The first-order valence-corrected chi connectivity index (χ1v) is 8.14. The van der Waals surface area contributed by atoms with Crippen molar-refractivity contribution in [3.05, 3.63) is 17.8 Å². The molecule has 114 valence electrons. The van der Waals surface area contributed by atoms with E-state index >= 15 is 0 Å². The molecule has 1 fully saturated rings. The summed E-state index contributed by atoms with van der Waals surface area (Å²) >= 11 is 0. The summed E-state index contributed by atoms with van der Waals surface area (Å²) in [5, 5.41) is 3.44. The molecule has 2 rings (SSSR count). The predicted octanol–water partition coefficient (Wildman–Crippen LogP) is 4.15. The Balaban J connectivity index is 1.88. The molecule has 1 atom stereocenters. The van der Waals surface area contributed by atoms with E-state index in [0.29, 0.717) is 17.3 Å². The molecule has 1 aromatic rings. The Labute approximate surface area is 123 Å². The summed E-state index contributed by atoms with van der Waals surface area (Å²) < 4.78 is 6.01. The van der Waals surface area contributed by atoms with Gasteiger partial charge in [0, 0.05) is 18.9 Å². The smallest absolute Gasteiger partial charge is 0.195 e. The van der Waals surface area contributed by atoms with Crippen LogP contribution in [0.25, 0.3) is 0 Å². The molecule has 1 saturated carbocycles. The highest BCUT2D eigenvalue weighted by molar-refractivity contribution is 5.08. The first-order valence-electron chi connectivity index (χ1n) is 8.14. The van der Waals surface area contributed by atoms with Crippen LogP contribution in [0.2, 0.25) is 0 Å². The molecule has 0 spiro atoms. The van der Waals surface area contributed by atoms with Gasteiger partial charge in [-0.15, -0.1) is 0 Å². The number of nitrogens with one attached hydrogen (secondary N) is 1. The fraction of sp³-hybridized carbons (Fsp3) is 0.824. The third-order valence-corrected chi connectivity index (χ3v) is 4.49. The minimum atomic E-state index is 0.352. The Morgan fingerprint density at radius 3 is 2.90 bits per heavy atom. The maximum Gasteiger partial charge on any atom is 0.195 e. The van der Waals surface area contributed by atoms with E-state index in [9.17, 15) is 0 Å². The summed E-state index contributed by atoms with van der Waals surface area (Å²) in [6, 6.07) is 0. The van der Waals surface area contributed by atoms with E-state index in [1.54, 1.807) is 0 Å². The minimum absolute atomic E-state index is 0.352. The van der Waals surface area contributed by atoms with Crippen LogP contribution >= 0.6 is 0 Å². The van der Waals surface area contributed by atoms with Crippen molar-refractivity contribution in [1.29, 1.82) is 0 Å². The molecule has 20 heavy (non-hydrogen) atoms. The third-order valence-electron chi connectivity index (χ3n) is 4.49. The van der Waals surface area contributed by atoms with Crippen LogP contribution in [0.5, 0.6) is 0 Å². The highest BCUT2D eigenvalue weighted by Crippen LogP contribution is 2.46. The van der Waals surface area contributed by atoms with E-state index < -0.39 is 0 Å². The average Bonchev–Trinajstić information content (AvgIpc) is 2.82. The number of hydrogen-bond donors (Lipinski definition) is 1. The molecule has 0 saturated heterocycles. The van der Waals surface area contributed by atoms with Crippen LogP contribution in [-0.4, -0.2) is 18.1 Å². The Bertz CT molecular complexity index is 409. The number of hydrogen-bond acceptors (Lipinski definition) is 3. The lowest BCUT2D eigenvalue weighted by Gasteiger charge is -2.37. The van der Waals surface area contributed by atoms with Gasteiger partial charge >= 0.3 is 0 Å². The number of aromatic nitrogens is 1.